The molecule has 100 valence electrons. The fourth-order valence-corrected chi connectivity index (χ4v) is 2.63. The molecule has 1 amide bonds. The predicted molar refractivity (Wildman–Crippen MR) is 68.0 cm³/mol. The summed E-state index contributed by atoms with van der Waals surface area (Å²) in [6.07, 6.45) is 0.525. The van der Waals surface area contributed by atoms with Crippen LogP contribution in [0.15, 0.2) is 0 Å². The Morgan fingerprint density at radius 3 is 2.72 bits per heavy atom. The second-order valence-electron chi connectivity index (χ2n) is 3.33. The summed E-state index contributed by atoms with van der Waals surface area (Å²) in [5, 5.41) is 19.6. The molecule has 0 saturated heterocycles. The highest BCUT2D eigenvalue weighted by Gasteiger charge is 2.12. The molecule has 9 heteroatoms. The van der Waals surface area contributed by atoms with E-state index in [0.717, 1.165) is 11.4 Å². The van der Waals surface area contributed by atoms with Crippen molar-refractivity contribution in [2.75, 3.05) is 16.8 Å². The van der Waals surface area contributed by atoms with Crippen molar-refractivity contribution in [3.63, 3.8) is 0 Å². The van der Waals surface area contributed by atoms with Gasteiger partial charge in [-0.2, -0.15) is 0 Å². The molecular weight excluding hydrogens is 278 g/mol. The Morgan fingerprint density at radius 1 is 1.44 bits per heavy atom. The number of hydrogen-bond acceptors (Lipinski definition) is 6. The van der Waals surface area contributed by atoms with Crippen molar-refractivity contribution in [2.45, 2.75) is 19.8 Å². The lowest BCUT2D eigenvalue weighted by Gasteiger charge is -2.00. The van der Waals surface area contributed by atoms with Gasteiger partial charge in [0.05, 0.1) is 6.42 Å². The Hall–Kier alpha value is -1.35. The maximum absolute atomic E-state index is 11.5. The summed E-state index contributed by atoms with van der Waals surface area (Å²) in [6.45, 7) is 1.92. The van der Waals surface area contributed by atoms with E-state index < -0.39 is 22.7 Å². The third kappa shape index (κ3) is 5.32. The molecule has 0 saturated carbocycles. The number of aromatic nitrogens is 2. The van der Waals surface area contributed by atoms with Gasteiger partial charge < -0.3 is 5.11 Å². The maximum atomic E-state index is 11.5. The quantitative estimate of drug-likeness (QED) is 0.746. The summed E-state index contributed by atoms with van der Waals surface area (Å²) in [7, 11) is -1.48. The maximum Gasteiger partial charge on any atom is 0.304 e. The lowest BCUT2D eigenvalue weighted by Crippen LogP contribution is -2.21. The molecule has 0 aliphatic carbocycles. The van der Waals surface area contributed by atoms with Crippen molar-refractivity contribution in [3.8, 4) is 0 Å². The van der Waals surface area contributed by atoms with Crippen molar-refractivity contribution < 1.29 is 18.9 Å². The van der Waals surface area contributed by atoms with Crippen molar-refractivity contribution in [1.82, 2.24) is 10.2 Å². The molecule has 1 atom stereocenters. The number of amides is 1. The number of nitrogens with zero attached hydrogens (tertiary/aromatic N) is 2. The van der Waals surface area contributed by atoms with Crippen LogP contribution >= 0.6 is 11.3 Å². The highest BCUT2D eigenvalue weighted by atomic mass is 32.2. The van der Waals surface area contributed by atoms with Gasteiger partial charge in [0.15, 0.2) is 0 Å². The predicted octanol–water partition coefficient (Wildman–Crippen LogP) is 0.262. The van der Waals surface area contributed by atoms with Crippen LogP contribution in [0.2, 0.25) is 0 Å². The Kier molecular flexibility index (Phi) is 5.86. The topological polar surface area (TPSA) is 109 Å². The van der Waals surface area contributed by atoms with E-state index in [0.29, 0.717) is 5.13 Å². The Balaban J connectivity index is 2.37. The minimum absolute atomic E-state index is 0.0287. The molecule has 0 radical (unpaired) electrons. The standard InChI is InChI=1S/C9H13N3O4S2/c1-2-7-11-12-9(17-7)10-6(13)5-18(16)4-3-8(14)15/h2-5H2,1H3,(H,14,15)(H,10,12,13). The first-order chi connectivity index (χ1) is 8.51. The highest BCUT2D eigenvalue weighted by molar-refractivity contribution is 7.85. The zero-order chi connectivity index (χ0) is 13.5. The van der Waals surface area contributed by atoms with Gasteiger partial charge >= 0.3 is 5.97 Å². The number of aliphatic carboxylic acids is 1. The van der Waals surface area contributed by atoms with E-state index in [1.807, 2.05) is 6.92 Å². The van der Waals surface area contributed by atoms with E-state index in [9.17, 15) is 13.8 Å². The summed E-state index contributed by atoms with van der Waals surface area (Å²) in [4.78, 5) is 21.7. The monoisotopic (exact) mass is 291 g/mol. The van der Waals surface area contributed by atoms with Crippen LogP contribution in [0.25, 0.3) is 0 Å². The fourth-order valence-electron chi connectivity index (χ4n) is 1.02. The van der Waals surface area contributed by atoms with Crippen molar-refractivity contribution in [2.24, 2.45) is 0 Å². The fraction of sp³-hybridized carbons (Fsp3) is 0.556. The molecule has 7 nitrogen and oxygen atoms in total. The molecule has 1 rings (SSSR count). The smallest absolute Gasteiger partial charge is 0.304 e. The van der Waals surface area contributed by atoms with Gasteiger partial charge in [0.2, 0.25) is 11.0 Å². The average Bonchev–Trinajstić information content (AvgIpc) is 2.73. The van der Waals surface area contributed by atoms with Gasteiger partial charge in [-0.1, -0.05) is 18.3 Å². The van der Waals surface area contributed by atoms with Crippen LogP contribution in [-0.2, 0) is 26.8 Å². The Bertz CT molecular complexity index is 460. The van der Waals surface area contributed by atoms with Crippen LogP contribution in [0.1, 0.15) is 18.4 Å². The number of carbonyl (C=O) groups is 2. The molecule has 18 heavy (non-hydrogen) atoms. The molecule has 1 aromatic rings. The molecule has 2 N–H and O–H groups in total. The highest BCUT2D eigenvalue weighted by Crippen LogP contribution is 2.15. The first kappa shape index (κ1) is 14.7. The van der Waals surface area contributed by atoms with E-state index in [1.54, 1.807) is 0 Å². The molecule has 0 aliphatic rings. The van der Waals surface area contributed by atoms with Crippen LogP contribution in [0.3, 0.4) is 0 Å². The van der Waals surface area contributed by atoms with Gasteiger partial charge in [0, 0.05) is 16.6 Å². The summed E-state index contributed by atoms with van der Waals surface area (Å²) < 4.78 is 11.4. The molecule has 0 aliphatic heterocycles. The third-order valence-corrected chi connectivity index (χ3v) is 4.08. The number of carboxylic acids is 1. The van der Waals surface area contributed by atoms with Crippen molar-refractivity contribution >= 4 is 39.1 Å². The molecule has 0 bridgehead atoms. The summed E-state index contributed by atoms with van der Waals surface area (Å²) in [5.41, 5.74) is 0. The number of aryl methyl sites for hydroxylation is 1. The minimum Gasteiger partial charge on any atom is -0.481 e. The third-order valence-electron chi connectivity index (χ3n) is 1.85. The lowest BCUT2D eigenvalue weighted by molar-refractivity contribution is -0.136. The van der Waals surface area contributed by atoms with Crippen molar-refractivity contribution in [3.05, 3.63) is 5.01 Å². The molecule has 0 spiro atoms. The average molecular weight is 291 g/mol. The van der Waals surface area contributed by atoms with Gasteiger partial charge in [-0.15, -0.1) is 10.2 Å². The van der Waals surface area contributed by atoms with Gasteiger partial charge in [0.25, 0.3) is 0 Å². The largest absolute Gasteiger partial charge is 0.481 e. The van der Waals surface area contributed by atoms with Gasteiger partial charge in [-0.25, -0.2) is 0 Å². The number of carboxylic acid groups (broad SMARTS) is 1. The van der Waals surface area contributed by atoms with Crippen LogP contribution in [0.5, 0.6) is 0 Å². The van der Waals surface area contributed by atoms with E-state index in [2.05, 4.69) is 15.5 Å². The molecule has 1 heterocycles. The van der Waals surface area contributed by atoms with E-state index in [-0.39, 0.29) is 17.9 Å². The van der Waals surface area contributed by atoms with Crippen LogP contribution < -0.4 is 5.32 Å². The summed E-state index contributed by atoms with van der Waals surface area (Å²) in [5.74, 6) is -1.73. The van der Waals surface area contributed by atoms with Crippen LogP contribution in [0.4, 0.5) is 5.13 Å². The molecular formula is C9H13N3O4S2. The van der Waals surface area contributed by atoms with Gasteiger partial charge in [-0.05, 0) is 6.42 Å². The van der Waals surface area contributed by atoms with Gasteiger partial charge in [-0.3, -0.25) is 19.1 Å². The van der Waals surface area contributed by atoms with Gasteiger partial charge in [0.1, 0.15) is 10.8 Å². The molecule has 0 aromatic carbocycles. The second-order valence-corrected chi connectivity index (χ2v) is 5.97. The number of nitrogens with one attached hydrogen (secondary N) is 1. The van der Waals surface area contributed by atoms with Crippen LogP contribution in [0, 0.1) is 0 Å². The number of rotatable bonds is 7. The number of carbonyl (C=O) groups excluding carboxylic acids is 1. The Morgan fingerprint density at radius 2 is 2.17 bits per heavy atom. The van der Waals surface area contributed by atoms with E-state index in [1.165, 1.54) is 11.3 Å². The molecule has 1 unspecified atom stereocenters. The van der Waals surface area contributed by atoms with E-state index >= 15 is 0 Å². The summed E-state index contributed by atoms with van der Waals surface area (Å²) >= 11 is 1.26. The van der Waals surface area contributed by atoms with Crippen molar-refractivity contribution in [1.29, 1.82) is 0 Å². The zero-order valence-corrected chi connectivity index (χ0v) is 11.3. The number of hydrogen-bond donors (Lipinski definition) is 2. The second kappa shape index (κ2) is 7.17. The minimum atomic E-state index is -1.48. The lowest BCUT2D eigenvalue weighted by atomic mass is 10.5. The zero-order valence-electron chi connectivity index (χ0n) is 9.71. The normalized spacial score (nSPS) is 12.1. The summed E-state index contributed by atoms with van der Waals surface area (Å²) in [6, 6.07) is 0. The van der Waals surface area contributed by atoms with E-state index in [4.69, 9.17) is 5.11 Å². The molecule has 0 fully saturated rings. The molecule has 1 aromatic heterocycles. The van der Waals surface area contributed by atoms with Crippen LogP contribution in [-0.4, -0.2) is 42.9 Å². The number of anilines is 1. The Labute approximate surface area is 110 Å². The first-order valence-corrected chi connectivity index (χ1v) is 7.50. The first-order valence-electron chi connectivity index (χ1n) is 5.20. The SMILES string of the molecule is CCc1nnc(NC(=O)CS(=O)CCC(=O)O)s1.